The van der Waals surface area contributed by atoms with Gasteiger partial charge in [-0.25, -0.2) is 4.98 Å². The summed E-state index contributed by atoms with van der Waals surface area (Å²) in [5.74, 6) is 1.12. The fourth-order valence-corrected chi connectivity index (χ4v) is 3.95. The van der Waals surface area contributed by atoms with Gasteiger partial charge in [0.1, 0.15) is 0 Å². The molecule has 1 aromatic heterocycles. The Morgan fingerprint density at radius 2 is 1.67 bits per heavy atom. The molecule has 3 rings (SSSR count). The Bertz CT molecular complexity index is 843. The van der Waals surface area contributed by atoms with Crippen LogP contribution in [0.4, 0.5) is 5.69 Å². The van der Waals surface area contributed by atoms with Crippen LogP contribution in [0.2, 0.25) is 0 Å². The van der Waals surface area contributed by atoms with Gasteiger partial charge in [-0.1, -0.05) is 18.2 Å². The van der Waals surface area contributed by atoms with Crippen molar-refractivity contribution in [2.24, 2.45) is 0 Å². The molecular formula is C20H25N3S. The van der Waals surface area contributed by atoms with Crippen molar-refractivity contribution in [3.8, 4) is 0 Å². The predicted octanol–water partition coefficient (Wildman–Crippen LogP) is 4.50. The maximum Gasteiger partial charge on any atom is 0.0722 e. The van der Waals surface area contributed by atoms with Crippen molar-refractivity contribution >= 4 is 39.3 Å². The number of anilines is 1. The first kappa shape index (κ1) is 17.1. The van der Waals surface area contributed by atoms with Crippen LogP contribution in [0.5, 0.6) is 0 Å². The number of rotatable bonds is 6. The van der Waals surface area contributed by atoms with Crippen molar-refractivity contribution in [1.29, 1.82) is 0 Å². The largest absolute Gasteiger partial charge is 0.378 e. The van der Waals surface area contributed by atoms with Crippen LogP contribution in [0.3, 0.4) is 0 Å². The lowest BCUT2D eigenvalue weighted by molar-refractivity contribution is 0.410. The molecule has 0 aliphatic carbocycles. The van der Waals surface area contributed by atoms with Crippen LogP contribution >= 0.6 is 11.8 Å². The molecule has 0 radical (unpaired) electrons. The van der Waals surface area contributed by atoms with Crippen LogP contribution in [0, 0.1) is 0 Å². The van der Waals surface area contributed by atoms with Gasteiger partial charge in [-0.3, -0.25) is 0 Å². The third kappa shape index (κ3) is 3.65. The van der Waals surface area contributed by atoms with E-state index < -0.39 is 0 Å². The predicted molar refractivity (Wildman–Crippen MR) is 107 cm³/mol. The molecule has 0 amide bonds. The lowest BCUT2D eigenvalue weighted by Crippen LogP contribution is -2.13. The highest BCUT2D eigenvalue weighted by Crippen LogP contribution is 2.36. The third-order valence-electron chi connectivity index (χ3n) is 4.13. The van der Waals surface area contributed by atoms with E-state index in [0.29, 0.717) is 0 Å². The number of aromatic nitrogens is 1. The average Bonchev–Trinajstić information content (AvgIpc) is 2.57. The number of benzene rings is 2. The molecule has 0 atom stereocenters. The molecule has 1 heterocycles. The molecular weight excluding hydrogens is 314 g/mol. The molecule has 3 nitrogen and oxygen atoms in total. The fraction of sp³-hybridized carbons (Fsp3) is 0.350. The Morgan fingerprint density at radius 1 is 0.917 bits per heavy atom. The SMILES string of the molecule is CN(C)CCCSc1c2ccccc2nc2ccc(N(C)C)cc12. The molecule has 4 heteroatoms. The van der Waals surface area contributed by atoms with E-state index in [1.165, 1.54) is 27.8 Å². The molecule has 0 N–H and O–H groups in total. The molecule has 0 aliphatic heterocycles. The summed E-state index contributed by atoms with van der Waals surface area (Å²) in [5, 5.41) is 2.52. The summed E-state index contributed by atoms with van der Waals surface area (Å²) in [6.07, 6.45) is 1.18. The van der Waals surface area contributed by atoms with Crippen LogP contribution in [0.25, 0.3) is 21.8 Å². The van der Waals surface area contributed by atoms with Gasteiger partial charge in [-0.15, -0.1) is 11.8 Å². The van der Waals surface area contributed by atoms with Crippen molar-refractivity contribution in [2.75, 3.05) is 45.4 Å². The number of para-hydroxylation sites is 1. The minimum Gasteiger partial charge on any atom is -0.378 e. The molecule has 24 heavy (non-hydrogen) atoms. The zero-order valence-corrected chi connectivity index (χ0v) is 15.7. The third-order valence-corrected chi connectivity index (χ3v) is 5.35. The van der Waals surface area contributed by atoms with Crippen molar-refractivity contribution in [1.82, 2.24) is 9.88 Å². The van der Waals surface area contributed by atoms with Gasteiger partial charge in [-0.05, 0) is 57.1 Å². The second-order valence-corrected chi connectivity index (χ2v) is 7.66. The summed E-state index contributed by atoms with van der Waals surface area (Å²) in [6.45, 7) is 1.12. The summed E-state index contributed by atoms with van der Waals surface area (Å²) in [6, 6.07) is 15.0. The number of thioether (sulfide) groups is 1. The Morgan fingerprint density at radius 3 is 2.42 bits per heavy atom. The molecule has 3 aromatic rings. The molecule has 0 bridgehead atoms. The molecule has 0 saturated heterocycles. The van der Waals surface area contributed by atoms with Crippen molar-refractivity contribution < 1.29 is 0 Å². The van der Waals surface area contributed by atoms with Crippen LogP contribution in [-0.2, 0) is 0 Å². The monoisotopic (exact) mass is 339 g/mol. The first-order valence-electron chi connectivity index (χ1n) is 8.33. The molecule has 126 valence electrons. The van der Waals surface area contributed by atoms with Crippen LogP contribution in [0.1, 0.15) is 6.42 Å². The number of hydrogen-bond acceptors (Lipinski definition) is 4. The highest BCUT2D eigenvalue weighted by atomic mass is 32.2. The molecule has 0 saturated carbocycles. The number of pyridine rings is 1. The minimum atomic E-state index is 1.08. The summed E-state index contributed by atoms with van der Waals surface area (Å²) in [5.41, 5.74) is 3.38. The molecule has 2 aromatic carbocycles. The van der Waals surface area contributed by atoms with E-state index in [1.54, 1.807) is 0 Å². The van der Waals surface area contributed by atoms with Crippen LogP contribution in [0.15, 0.2) is 47.4 Å². The minimum absolute atomic E-state index is 1.08. The highest BCUT2D eigenvalue weighted by Gasteiger charge is 2.11. The first-order chi connectivity index (χ1) is 11.6. The van der Waals surface area contributed by atoms with Gasteiger partial charge in [-0.2, -0.15) is 0 Å². The lowest BCUT2D eigenvalue weighted by atomic mass is 10.1. The number of fused-ring (bicyclic) bond motifs is 2. The second-order valence-electron chi connectivity index (χ2n) is 6.56. The lowest BCUT2D eigenvalue weighted by Gasteiger charge is -2.16. The summed E-state index contributed by atoms with van der Waals surface area (Å²) in [4.78, 5) is 10.6. The molecule has 0 fully saturated rings. The zero-order chi connectivity index (χ0) is 17.1. The Balaban J connectivity index is 2.06. The van der Waals surface area contributed by atoms with Gasteiger partial charge in [0.05, 0.1) is 11.0 Å². The van der Waals surface area contributed by atoms with E-state index in [9.17, 15) is 0 Å². The van der Waals surface area contributed by atoms with Gasteiger partial charge < -0.3 is 9.80 Å². The maximum atomic E-state index is 4.86. The number of nitrogens with zero attached hydrogens (tertiary/aromatic N) is 3. The smallest absolute Gasteiger partial charge is 0.0722 e. The molecule has 0 unspecified atom stereocenters. The van der Waals surface area contributed by atoms with E-state index in [2.05, 4.69) is 80.5 Å². The Hall–Kier alpha value is -1.78. The van der Waals surface area contributed by atoms with Crippen molar-refractivity contribution in [3.05, 3.63) is 42.5 Å². The summed E-state index contributed by atoms with van der Waals surface area (Å²) in [7, 11) is 8.43. The molecule has 0 spiro atoms. The number of hydrogen-bond donors (Lipinski definition) is 0. The fourth-order valence-electron chi connectivity index (χ4n) is 2.83. The van der Waals surface area contributed by atoms with Crippen LogP contribution in [-0.4, -0.2) is 50.4 Å². The second kappa shape index (κ2) is 7.41. The first-order valence-corrected chi connectivity index (χ1v) is 9.32. The Kier molecular flexibility index (Phi) is 5.27. The van der Waals surface area contributed by atoms with Crippen LogP contribution < -0.4 is 4.90 Å². The van der Waals surface area contributed by atoms with Gasteiger partial charge in [0.15, 0.2) is 0 Å². The standard InChI is InChI=1S/C20H25N3S/c1-22(2)12-7-13-24-20-16-8-5-6-9-18(16)21-19-11-10-15(23(3)4)14-17(19)20/h5-6,8-11,14H,7,12-13H2,1-4H3. The normalized spacial score (nSPS) is 11.5. The van der Waals surface area contributed by atoms with E-state index in [-0.39, 0.29) is 0 Å². The average molecular weight is 340 g/mol. The van der Waals surface area contributed by atoms with Gasteiger partial charge in [0, 0.05) is 35.5 Å². The quantitative estimate of drug-likeness (QED) is 0.374. The van der Waals surface area contributed by atoms with E-state index >= 15 is 0 Å². The zero-order valence-electron chi connectivity index (χ0n) is 14.9. The summed E-state index contributed by atoms with van der Waals surface area (Å²) >= 11 is 1.96. The van der Waals surface area contributed by atoms with Gasteiger partial charge >= 0.3 is 0 Å². The van der Waals surface area contributed by atoms with E-state index in [4.69, 9.17) is 4.98 Å². The topological polar surface area (TPSA) is 19.4 Å². The van der Waals surface area contributed by atoms with Gasteiger partial charge in [0.25, 0.3) is 0 Å². The molecule has 0 aliphatic rings. The van der Waals surface area contributed by atoms with Gasteiger partial charge in [0.2, 0.25) is 0 Å². The highest BCUT2D eigenvalue weighted by molar-refractivity contribution is 7.99. The Labute approximate surface area is 148 Å². The van der Waals surface area contributed by atoms with Crippen molar-refractivity contribution in [3.63, 3.8) is 0 Å². The van der Waals surface area contributed by atoms with Crippen molar-refractivity contribution in [2.45, 2.75) is 11.3 Å². The van der Waals surface area contributed by atoms with E-state index in [0.717, 1.165) is 23.3 Å². The maximum absolute atomic E-state index is 4.86. The summed E-state index contributed by atoms with van der Waals surface area (Å²) < 4.78 is 0. The van der Waals surface area contributed by atoms with E-state index in [1.807, 2.05) is 11.8 Å².